The highest BCUT2D eigenvalue weighted by atomic mass is 19.1. The Kier molecular flexibility index (Phi) is 6.11. The van der Waals surface area contributed by atoms with E-state index < -0.39 is 0 Å². The predicted molar refractivity (Wildman–Crippen MR) is 118 cm³/mol. The Bertz CT molecular complexity index is 1190. The number of piperidine rings is 1. The number of amides is 2. The van der Waals surface area contributed by atoms with Crippen LogP contribution in [0.1, 0.15) is 45.2 Å². The largest absolute Gasteiger partial charge is 0.338 e. The summed E-state index contributed by atoms with van der Waals surface area (Å²) >= 11 is 0. The third kappa shape index (κ3) is 4.74. The van der Waals surface area contributed by atoms with E-state index in [1.54, 1.807) is 30.3 Å². The molecular formula is C24H23FN4O3. The van der Waals surface area contributed by atoms with Gasteiger partial charge in [-0.1, -0.05) is 0 Å². The van der Waals surface area contributed by atoms with Gasteiger partial charge < -0.3 is 14.8 Å². The minimum absolute atomic E-state index is 0.0643. The standard InChI is InChI=1S/C24H23FN4O3/c1-28-14-18(5-11-22(28)30)24(32)29-12-2-3-17(15-29)21-10-4-16(13-26-21)23(31)27-20-8-6-19(25)7-9-20/h4-11,13-14,17H,2-3,12,15H2,1H3,(H,27,31)/t17-/m0/s1. The number of nitrogens with one attached hydrogen (secondary N) is 1. The van der Waals surface area contributed by atoms with Crippen molar-refractivity contribution < 1.29 is 14.0 Å². The maximum absolute atomic E-state index is 13.0. The zero-order chi connectivity index (χ0) is 22.7. The first-order chi connectivity index (χ1) is 15.4. The third-order valence-corrected chi connectivity index (χ3v) is 5.61. The van der Waals surface area contributed by atoms with E-state index >= 15 is 0 Å². The van der Waals surface area contributed by atoms with Gasteiger partial charge in [0, 0.05) is 55.9 Å². The fraction of sp³-hybridized carbons (Fsp3) is 0.250. The smallest absolute Gasteiger partial charge is 0.257 e. The molecular weight excluding hydrogens is 411 g/mol. The molecule has 2 amide bonds. The minimum Gasteiger partial charge on any atom is -0.338 e. The Morgan fingerprint density at radius 1 is 1.06 bits per heavy atom. The highest BCUT2D eigenvalue weighted by Crippen LogP contribution is 2.26. The highest BCUT2D eigenvalue weighted by molar-refractivity contribution is 6.04. The van der Waals surface area contributed by atoms with Gasteiger partial charge in [0.25, 0.3) is 11.8 Å². The molecule has 1 fully saturated rings. The summed E-state index contributed by atoms with van der Waals surface area (Å²) in [6, 6.07) is 12.0. The lowest BCUT2D eigenvalue weighted by Crippen LogP contribution is -2.39. The number of halogens is 1. The fourth-order valence-electron chi connectivity index (χ4n) is 3.82. The number of pyridine rings is 2. The second-order valence-electron chi connectivity index (χ2n) is 7.89. The van der Waals surface area contributed by atoms with E-state index in [1.807, 2.05) is 6.07 Å². The van der Waals surface area contributed by atoms with Crippen molar-refractivity contribution in [3.05, 3.63) is 93.9 Å². The van der Waals surface area contributed by atoms with Gasteiger partial charge >= 0.3 is 0 Å². The van der Waals surface area contributed by atoms with Crippen molar-refractivity contribution in [3.63, 3.8) is 0 Å². The van der Waals surface area contributed by atoms with Crippen LogP contribution in [0.15, 0.2) is 65.7 Å². The number of carbonyl (C=O) groups excluding carboxylic acids is 2. The Hall–Kier alpha value is -3.81. The topological polar surface area (TPSA) is 84.3 Å². The average molecular weight is 434 g/mol. The van der Waals surface area contributed by atoms with Crippen molar-refractivity contribution in [2.24, 2.45) is 7.05 Å². The summed E-state index contributed by atoms with van der Waals surface area (Å²) in [6.07, 6.45) is 4.81. The molecule has 0 spiro atoms. The molecule has 8 heteroatoms. The predicted octanol–water partition coefficient (Wildman–Crippen LogP) is 3.19. The molecule has 164 valence electrons. The van der Waals surface area contributed by atoms with Crippen LogP contribution in [0.2, 0.25) is 0 Å². The van der Waals surface area contributed by atoms with Gasteiger partial charge in [0.2, 0.25) is 5.56 Å². The van der Waals surface area contributed by atoms with E-state index in [4.69, 9.17) is 0 Å². The molecule has 1 aromatic carbocycles. The Morgan fingerprint density at radius 3 is 2.50 bits per heavy atom. The van der Waals surface area contributed by atoms with Gasteiger partial charge in [-0.2, -0.15) is 0 Å². The number of hydrogen-bond acceptors (Lipinski definition) is 4. The van der Waals surface area contributed by atoms with Crippen LogP contribution >= 0.6 is 0 Å². The fourth-order valence-corrected chi connectivity index (χ4v) is 3.82. The maximum atomic E-state index is 13.0. The van der Waals surface area contributed by atoms with Crippen molar-refractivity contribution in [1.29, 1.82) is 0 Å². The minimum atomic E-state index is -0.370. The van der Waals surface area contributed by atoms with Crippen molar-refractivity contribution in [2.45, 2.75) is 18.8 Å². The Labute approximate surface area is 184 Å². The molecule has 0 bridgehead atoms. The van der Waals surface area contributed by atoms with Crippen molar-refractivity contribution >= 4 is 17.5 Å². The van der Waals surface area contributed by atoms with E-state index in [0.29, 0.717) is 29.9 Å². The SMILES string of the molecule is Cn1cc(C(=O)N2CCC[C@H](c3ccc(C(=O)Nc4ccc(F)cc4)cn3)C2)ccc1=O. The first kappa shape index (κ1) is 21.4. The van der Waals surface area contributed by atoms with E-state index in [9.17, 15) is 18.8 Å². The number of hydrogen-bond donors (Lipinski definition) is 1. The van der Waals surface area contributed by atoms with E-state index in [1.165, 1.54) is 41.1 Å². The zero-order valence-corrected chi connectivity index (χ0v) is 17.6. The molecule has 1 N–H and O–H groups in total. The maximum Gasteiger partial charge on any atom is 0.257 e. The van der Waals surface area contributed by atoms with Crippen LogP contribution in [0.5, 0.6) is 0 Å². The molecule has 3 aromatic rings. The molecule has 0 saturated carbocycles. The summed E-state index contributed by atoms with van der Waals surface area (Å²) in [5.74, 6) is -0.744. The molecule has 2 aromatic heterocycles. The zero-order valence-electron chi connectivity index (χ0n) is 17.6. The van der Waals surface area contributed by atoms with Gasteiger partial charge in [0.05, 0.1) is 11.1 Å². The van der Waals surface area contributed by atoms with Crippen LogP contribution in [0, 0.1) is 5.82 Å². The van der Waals surface area contributed by atoms with Gasteiger partial charge in [-0.05, 0) is 55.3 Å². The monoisotopic (exact) mass is 434 g/mol. The van der Waals surface area contributed by atoms with Gasteiger partial charge in [0.15, 0.2) is 0 Å². The van der Waals surface area contributed by atoms with Crippen LogP contribution in [-0.2, 0) is 7.05 Å². The van der Waals surface area contributed by atoms with Crippen LogP contribution < -0.4 is 10.9 Å². The lowest BCUT2D eigenvalue weighted by molar-refractivity contribution is 0.0705. The van der Waals surface area contributed by atoms with E-state index in [-0.39, 0.29) is 29.1 Å². The number of carbonyl (C=O) groups is 2. The highest BCUT2D eigenvalue weighted by Gasteiger charge is 2.26. The molecule has 1 saturated heterocycles. The first-order valence-electron chi connectivity index (χ1n) is 10.4. The van der Waals surface area contributed by atoms with Gasteiger partial charge in [-0.3, -0.25) is 19.4 Å². The number of rotatable bonds is 4. The number of benzene rings is 1. The summed E-state index contributed by atoms with van der Waals surface area (Å²) in [7, 11) is 1.62. The van der Waals surface area contributed by atoms with Crippen molar-refractivity contribution in [3.8, 4) is 0 Å². The number of anilines is 1. The normalized spacial score (nSPS) is 15.9. The molecule has 1 aliphatic rings. The molecule has 7 nitrogen and oxygen atoms in total. The molecule has 4 rings (SSSR count). The van der Waals surface area contributed by atoms with E-state index in [0.717, 1.165) is 18.5 Å². The average Bonchev–Trinajstić information content (AvgIpc) is 2.82. The van der Waals surface area contributed by atoms with Crippen LogP contribution in [0.3, 0.4) is 0 Å². The number of likely N-dealkylation sites (tertiary alicyclic amines) is 1. The van der Waals surface area contributed by atoms with Gasteiger partial charge in [-0.25, -0.2) is 4.39 Å². The van der Waals surface area contributed by atoms with Gasteiger partial charge in [0.1, 0.15) is 5.82 Å². The lowest BCUT2D eigenvalue weighted by atomic mass is 9.93. The lowest BCUT2D eigenvalue weighted by Gasteiger charge is -2.32. The number of nitrogens with zero attached hydrogens (tertiary/aromatic N) is 3. The first-order valence-corrected chi connectivity index (χ1v) is 10.4. The van der Waals surface area contributed by atoms with Gasteiger partial charge in [-0.15, -0.1) is 0 Å². The van der Waals surface area contributed by atoms with Crippen LogP contribution in [0.4, 0.5) is 10.1 Å². The molecule has 0 aliphatic carbocycles. The second kappa shape index (κ2) is 9.13. The van der Waals surface area contributed by atoms with Crippen LogP contribution in [0.25, 0.3) is 0 Å². The molecule has 1 atom stereocenters. The number of aromatic nitrogens is 2. The summed E-state index contributed by atoms with van der Waals surface area (Å²) in [5, 5.41) is 2.71. The summed E-state index contributed by atoms with van der Waals surface area (Å²) in [6.45, 7) is 1.17. The Morgan fingerprint density at radius 2 is 1.81 bits per heavy atom. The molecule has 0 radical (unpaired) electrons. The molecule has 1 aliphatic heterocycles. The van der Waals surface area contributed by atoms with Crippen molar-refractivity contribution in [1.82, 2.24) is 14.5 Å². The Balaban J connectivity index is 1.42. The van der Waals surface area contributed by atoms with Crippen molar-refractivity contribution in [2.75, 3.05) is 18.4 Å². The third-order valence-electron chi connectivity index (χ3n) is 5.61. The molecule has 0 unspecified atom stereocenters. The quantitative estimate of drug-likeness (QED) is 0.684. The molecule has 3 heterocycles. The summed E-state index contributed by atoms with van der Waals surface area (Å²) < 4.78 is 14.4. The van der Waals surface area contributed by atoms with Crippen LogP contribution in [-0.4, -0.2) is 39.4 Å². The second-order valence-corrected chi connectivity index (χ2v) is 7.89. The molecule has 32 heavy (non-hydrogen) atoms. The van der Waals surface area contributed by atoms with E-state index in [2.05, 4.69) is 10.3 Å². The number of aryl methyl sites for hydroxylation is 1. The summed E-state index contributed by atoms with van der Waals surface area (Å²) in [5.41, 5.74) is 2.04. The summed E-state index contributed by atoms with van der Waals surface area (Å²) in [4.78, 5) is 43.1.